The summed E-state index contributed by atoms with van der Waals surface area (Å²) in [4.78, 5) is 26.7. The van der Waals surface area contributed by atoms with Crippen LogP contribution in [0.3, 0.4) is 0 Å². The highest BCUT2D eigenvalue weighted by Crippen LogP contribution is 2.37. The molecule has 0 bridgehead atoms. The molecule has 0 saturated heterocycles. The van der Waals surface area contributed by atoms with Crippen LogP contribution >= 0.6 is 11.8 Å². The van der Waals surface area contributed by atoms with Gasteiger partial charge in [0.05, 0.1) is 24.3 Å². The summed E-state index contributed by atoms with van der Waals surface area (Å²) in [5.74, 6) is 0.518. The molecular weight excluding hydrogens is 541 g/mol. The Labute approximate surface area is 236 Å². The molecule has 40 heavy (non-hydrogen) atoms. The van der Waals surface area contributed by atoms with Crippen LogP contribution in [0.4, 0.5) is 13.2 Å². The molecule has 9 heteroatoms. The van der Waals surface area contributed by atoms with E-state index in [9.17, 15) is 22.8 Å². The van der Waals surface area contributed by atoms with Gasteiger partial charge >= 0.3 is 6.36 Å². The first-order chi connectivity index (χ1) is 18.7. The van der Waals surface area contributed by atoms with E-state index in [1.165, 1.54) is 11.0 Å². The van der Waals surface area contributed by atoms with Crippen molar-refractivity contribution < 1.29 is 37.0 Å². The Morgan fingerprint density at radius 2 is 1.25 bits per heavy atom. The van der Waals surface area contributed by atoms with Crippen molar-refractivity contribution >= 4 is 23.3 Å². The lowest BCUT2D eigenvalue weighted by Crippen LogP contribution is -2.21. The molecule has 0 amide bonds. The van der Waals surface area contributed by atoms with Gasteiger partial charge in [-0.05, 0) is 48.5 Å². The number of ketones is 2. The standard InChI is InChI=1S/C18H18O2S.C13H13F3O3/c1-18(2)11-16(19)15-10-14(8-9-17(15)20-12-18)21-13-6-4-3-5-7-13;1-12(2)6-10(17)9-5-8(19-13(14,15)16)3-4-11(9)18-7-12/h3-10H,11-12H2,1-2H3;3-5H,6-7H2,1-2H3. The predicted octanol–water partition coefficient (Wildman–Crippen LogP) is 8.41. The van der Waals surface area contributed by atoms with Crippen LogP contribution in [0.1, 0.15) is 61.3 Å². The van der Waals surface area contributed by atoms with Crippen LogP contribution < -0.4 is 14.2 Å². The van der Waals surface area contributed by atoms with Gasteiger partial charge in [0.15, 0.2) is 11.6 Å². The summed E-state index contributed by atoms with van der Waals surface area (Å²) in [6.45, 7) is 8.78. The number of carbonyl (C=O) groups excluding carboxylic acids is 2. The zero-order valence-electron chi connectivity index (χ0n) is 22.8. The highest BCUT2D eigenvalue weighted by atomic mass is 32.2. The third kappa shape index (κ3) is 8.03. The number of ether oxygens (including phenoxy) is 3. The number of Topliss-reactive ketones (excluding diaryl/α,β-unsaturated/α-hetero) is 2. The van der Waals surface area contributed by atoms with Crippen molar-refractivity contribution in [2.75, 3.05) is 13.2 Å². The van der Waals surface area contributed by atoms with Crippen molar-refractivity contribution in [1.82, 2.24) is 0 Å². The minimum atomic E-state index is -4.78. The van der Waals surface area contributed by atoms with Gasteiger partial charge in [-0.1, -0.05) is 57.7 Å². The zero-order valence-corrected chi connectivity index (χ0v) is 23.6. The highest BCUT2D eigenvalue weighted by molar-refractivity contribution is 7.99. The first-order valence-corrected chi connectivity index (χ1v) is 13.6. The summed E-state index contributed by atoms with van der Waals surface area (Å²) in [6.07, 6.45) is -4.03. The van der Waals surface area contributed by atoms with Crippen LogP contribution in [-0.4, -0.2) is 31.1 Å². The third-order valence-electron chi connectivity index (χ3n) is 6.23. The second kappa shape index (κ2) is 11.6. The second-order valence-electron chi connectivity index (χ2n) is 11.4. The van der Waals surface area contributed by atoms with Crippen LogP contribution in [0.2, 0.25) is 0 Å². The Bertz CT molecular complexity index is 1380. The largest absolute Gasteiger partial charge is 0.573 e. The van der Waals surface area contributed by atoms with Crippen LogP contribution in [-0.2, 0) is 0 Å². The molecule has 2 aliphatic rings. The molecule has 0 radical (unpaired) electrons. The number of hydrogen-bond donors (Lipinski definition) is 0. The van der Waals surface area contributed by atoms with Crippen molar-refractivity contribution in [3.63, 3.8) is 0 Å². The summed E-state index contributed by atoms with van der Waals surface area (Å²) in [6, 6.07) is 19.6. The van der Waals surface area contributed by atoms with Gasteiger partial charge in [-0.3, -0.25) is 9.59 Å². The van der Waals surface area contributed by atoms with Gasteiger partial charge in [0.2, 0.25) is 0 Å². The van der Waals surface area contributed by atoms with Crippen LogP contribution in [0, 0.1) is 10.8 Å². The monoisotopic (exact) mass is 572 g/mol. The average molecular weight is 573 g/mol. The van der Waals surface area contributed by atoms with E-state index >= 15 is 0 Å². The molecule has 5 rings (SSSR count). The summed E-state index contributed by atoms with van der Waals surface area (Å²) in [5.41, 5.74) is 0.387. The number of carbonyl (C=O) groups is 2. The van der Waals surface area contributed by atoms with Gasteiger partial charge in [0.25, 0.3) is 0 Å². The van der Waals surface area contributed by atoms with Gasteiger partial charge in [-0.25, -0.2) is 0 Å². The van der Waals surface area contributed by atoms with Crippen molar-refractivity contribution in [3.05, 3.63) is 77.9 Å². The topological polar surface area (TPSA) is 61.8 Å². The van der Waals surface area contributed by atoms with E-state index in [1.54, 1.807) is 11.8 Å². The van der Waals surface area contributed by atoms with Gasteiger partial charge in [0, 0.05) is 33.5 Å². The fourth-order valence-electron chi connectivity index (χ4n) is 4.30. The lowest BCUT2D eigenvalue weighted by Gasteiger charge is -2.19. The van der Waals surface area contributed by atoms with Gasteiger partial charge < -0.3 is 14.2 Å². The van der Waals surface area contributed by atoms with E-state index in [-0.39, 0.29) is 34.4 Å². The quantitative estimate of drug-likeness (QED) is 0.314. The van der Waals surface area contributed by atoms with E-state index < -0.39 is 12.1 Å². The van der Waals surface area contributed by atoms with E-state index in [0.717, 1.165) is 17.0 Å². The Balaban J connectivity index is 0.000000186. The normalized spacial score (nSPS) is 17.5. The molecule has 0 unspecified atom stereocenters. The molecule has 212 valence electrons. The number of fused-ring (bicyclic) bond motifs is 2. The molecule has 2 aliphatic heterocycles. The fraction of sp³-hybridized carbons (Fsp3) is 0.355. The van der Waals surface area contributed by atoms with Crippen molar-refractivity contribution in [3.8, 4) is 17.2 Å². The SMILES string of the molecule is CC1(C)COc2ccc(OC(F)(F)F)cc2C(=O)C1.CC1(C)COc2ccc(Sc3ccccc3)cc2C(=O)C1. The molecule has 0 atom stereocenters. The minimum absolute atomic E-state index is 0.108. The molecule has 0 aromatic heterocycles. The van der Waals surface area contributed by atoms with E-state index in [1.807, 2.05) is 50.2 Å². The summed E-state index contributed by atoms with van der Waals surface area (Å²) < 4.78 is 51.5. The molecule has 0 N–H and O–H groups in total. The van der Waals surface area contributed by atoms with Crippen molar-refractivity contribution in [1.29, 1.82) is 0 Å². The maximum atomic E-state index is 12.4. The number of hydrogen-bond acceptors (Lipinski definition) is 6. The van der Waals surface area contributed by atoms with E-state index in [0.29, 0.717) is 36.7 Å². The smallest absolute Gasteiger partial charge is 0.492 e. The predicted molar refractivity (Wildman–Crippen MR) is 147 cm³/mol. The molecule has 0 saturated carbocycles. The number of rotatable bonds is 3. The Morgan fingerprint density at radius 1 is 0.725 bits per heavy atom. The summed E-state index contributed by atoms with van der Waals surface area (Å²) in [5, 5.41) is 0. The lowest BCUT2D eigenvalue weighted by molar-refractivity contribution is -0.274. The molecular formula is C31H31F3O5S. The number of benzene rings is 3. The molecule has 0 spiro atoms. The Morgan fingerprint density at radius 3 is 1.80 bits per heavy atom. The third-order valence-corrected chi connectivity index (χ3v) is 7.23. The number of alkyl halides is 3. The van der Waals surface area contributed by atoms with Crippen molar-refractivity contribution in [2.45, 2.75) is 56.7 Å². The Hall–Kier alpha value is -3.46. The Kier molecular flexibility index (Phi) is 8.54. The van der Waals surface area contributed by atoms with Gasteiger partial charge in [-0.2, -0.15) is 0 Å². The minimum Gasteiger partial charge on any atom is -0.492 e. The maximum absolute atomic E-state index is 12.4. The van der Waals surface area contributed by atoms with E-state index in [2.05, 4.69) is 30.7 Å². The summed E-state index contributed by atoms with van der Waals surface area (Å²) >= 11 is 1.66. The summed E-state index contributed by atoms with van der Waals surface area (Å²) in [7, 11) is 0. The number of halogens is 3. The lowest BCUT2D eigenvalue weighted by atomic mass is 9.87. The molecule has 0 aliphatic carbocycles. The molecule has 5 nitrogen and oxygen atoms in total. The second-order valence-corrected chi connectivity index (χ2v) is 12.5. The first kappa shape index (κ1) is 29.5. The van der Waals surface area contributed by atoms with Gasteiger partial charge in [-0.15, -0.1) is 13.2 Å². The van der Waals surface area contributed by atoms with Gasteiger partial charge in [0.1, 0.15) is 17.2 Å². The molecule has 3 aromatic carbocycles. The maximum Gasteiger partial charge on any atom is 0.573 e. The molecule has 0 fully saturated rings. The molecule has 2 heterocycles. The zero-order chi connectivity index (χ0) is 29.1. The van der Waals surface area contributed by atoms with E-state index in [4.69, 9.17) is 9.47 Å². The fourth-order valence-corrected chi connectivity index (χ4v) is 5.18. The van der Waals surface area contributed by atoms with Crippen molar-refractivity contribution in [2.24, 2.45) is 10.8 Å². The molecule has 3 aromatic rings. The van der Waals surface area contributed by atoms with Crippen LogP contribution in [0.15, 0.2) is 76.5 Å². The van der Waals surface area contributed by atoms with Crippen LogP contribution in [0.5, 0.6) is 17.2 Å². The highest BCUT2D eigenvalue weighted by Gasteiger charge is 2.34. The first-order valence-electron chi connectivity index (χ1n) is 12.8. The van der Waals surface area contributed by atoms with Crippen LogP contribution in [0.25, 0.3) is 0 Å². The average Bonchev–Trinajstić information content (AvgIpc) is 3.05.